The Morgan fingerprint density at radius 1 is 0.941 bits per heavy atom. The average Bonchev–Trinajstić information content (AvgIpc) is 3.49. The quantitative estimate of drug-likeness (QED) is 0.129. The Morgan fingerprint density at radius 2 is 1.41 bits per heavy atom. The SMILES string of the molecule is CC(O)C(N)C(=O)NC(Cc1cnc[nH]1)C(=O)NC(CS)C(=O)NC(Cc1cnc[nH]1)C(=O)O. The molecule has 186 valence electrons. The number of amides is 3. The zero-order chi connectivity index (χ0) is 25.3. The second-order valence-corrected chi connectivity index (χ2v) is 7.90. The second-order valence-electron chi connectivity index (χ2n) is 7.53. The van der Waals surface area contributed by atoms with Crippen molar-refractivity contribution in [3.63, 3.8) is 0 Å². The van der Waals surface area contributed by atoms with Gasteiger partial charge in [-0.1, -0.05) is 0 Å². The van der Waals surface area contributed by atoms with Crippen LogP contribution in [0.5, 0.6) is 0 Å². The fourth-order valence-corrected chi connectivity index (χ4v) is 3.12. The van der Waals surface area contributed by atoms with Crippen molar-refractivity contribution in [2.24, 2.45) is 5.73 Å². The number of imidazole rings is 2. The Balaban J connectivity index is 2.09. The largest absolute Gasteiger partial charge is 0.480 e. The molecule has 34 heavy (non-hydrogen) atoms. The van der Waals surface area contributed by atoms with Crippen molar-refractivity contribution in [2.75, 3.05) is 5.75 Å². The van der Waals surface area contributed by atoms with Crippen LogP contribution in [0, 0.1) is 0 Å². The fourth-order valence-electron chi connectivity index (χ4n) is 2.87. The molecule has 0 aliphatic carbocycles. The molecule has 0 saturated carbocycles. The number of hydrogen-bond acceptors (Lipinski definition) is 9. The summed E-state index contributed by atoms with van der Waals surface area (Å²) in [5, 5.41) is 26.3. The Morgan fingerprint density at radius 3 is 1.85 bits per heavy atom. The molecule has 0 aliphatic heterocycles. The van der Waals surface area contributed by atoms with Gasteiger partial charge < -0.3 is 41.9 Å². The molecule has 0 saturated heterocycles. The van der Waals surface area contributed by atoms with Crippen molar-refractivity contribution in [3.05, 3.63) is 36.4 Å². The lowest BCUT2D eigenvalue weighted by Gasteiger charge is -2.24. The number of aliphatic hydroxyl groups excluding tert-OH is 1. The molecule has 5 atom stereocenters. The number of aromatic amines is 2. The zero-order valence-corrected chi connectivity index (χ0v) is 19.2. The summed E-state index contributed by atoms with van der Waals surface area (Å²) < 4.78 is 0. The monoisotopic (exact) mass is 496 g/mol. The molecule has 15 heteroatoms. The van der Waals surface area contributed by atoms with E-state index in [-0.39, 0.29) is 18.6 Å². The smallest absolute Gasteiger partial charge is 0.326 e. The summed E-state index contributed by atoms with van der Waals surface area (Å²) >= 11 is 4.08. The molecule has 2 rings (SSSR count). The number of nitrogens with one attached hydrogen (secondary N) is 5. The van der Waals surface area contributed by atoms with Gasteiger partial charge >= 0.3 is 5.97 Å². The summed E-state index contributed by atoms with van der Waals surface area (Å²) in [6, 6.07) is -4.93. The lowest BCUT2D eigenvalue weighted by atomic mass is 10.1. The number of aliphatic hydroxyl groups is 1. The number of thiol groups is 1. The van der Waals surface area contributed by atoms with Crippen LogP contribution >= 0.6 is 12.6 Å². The lowest BCUT2D eigenvalue weighted by Crippen LogP contribution is -2.59. The fraction of sp³-hybridized carbons (Fsp3) is 0.474. The summed E-state index contributed by atoms with van der Waals surface area (Å²) in [5.74, 6) is -3.71. The number of carboxylic acid groups (broad SMARTS) is 1. The third kappa shape index (κ3) is 7.86. The molecule has 0 radical (unpaired) electrons. The van der Waals surface area contributed by atoms with Crippen LogP contribution in [0.1, 0.15) is 18.3 Å². The van der Waals surface area contributed by atoms with Crippen LogP contribution in [0.4, 0.5) is 0 Å². The van der Waals surface area contributed by atoms with Gasteiger partial charge in [0.15, 0.2) is 0 Å². The van der Waals surface area contributed by atoms with Crippen LogP contribution < -0.4 is 21.7 Å². The van der Waals surface area contributed by atoms with Crippen molar-refractivity contribution >= 4 is 36.3 Å². The number of hydrogen-bond donors (Lipinski definition) is 9. The zero-order valence-electron chi connectivity index (χ0n) is 18.3. The molecule has 5 unspecified atom stereocenters. The maximum absolute atomic E-state index is 12.9. The van der Waals surface area contributed by atoms with Crippen LogP contribution in [0.25, 0.3) is 0 Å². The molecule has 0 aromatic carbocycles. The highest BCUT2D eigenvalue weighted by Gasteiger charge is 2.31. The van der Waals surface area contributed by atoms with Crippen LogP contribution in [0.15, 0.2) is 25.0 Å². The van der Waals surface area contributed by atoms with Gasteiger partial charge in [-0.25, -0.2) is 14.8 Å². The summed E-state index contributed by atoms with van der Waals surface area (Å²) in [6.07, 6.45) is 4.44. The van der Waals surface area contributed by atoms with Gasteiger partial charge in [-0.15, -0.1) is 0 Å². The highest BCUT2D eigenvalue weighted by atomic mass is 32.1. The van der Waals surface area contributed by atoms with E-state index in [0.717, 1.165) is 0 Å². The van der Waals surface area contributed by atoms with E-state index in [1.54, 1.807) is 0 Å². The van der Waals surface area contributed by atoms with Crippen molar-refractivity contribution in [1.82, 2.24) is 35.9 Å². The molecular formula is C19H28N8O6S. The molecule has 2 heterocycles. The van der Waals surface area contributed by atoms with Crippen LogP contribution in [-0.2, 0) is 32.0 Å². The van der Waals surface area contributed by atoms with Gasteiger partial charge in [0, 0.05) is 42.4 Å². The van der Waals surface area contributed by atoms with Gasteiger partial charge in [-0.2, -0.15) is 12.6 Å². The molecular weight excluding hydrogens is 468 g/mol. The summed E-state index contributed by atoms with van der Waals surface area (Å²) in [6.45, 7) is 1.33. The predicted molar refractivity (Wildman–Crippen MR) is 122 cm³/mol. The minimum Gasteiger partial charge on any atom is -0.480 e. The first-order valence-electron chi connectivity index (χ1n) is 10.2. The molecule has 0 bridgehead atoms. The number of aliphatic carboxylic acids is 1. The summed E-state index contributed by atoms with van der Waals surface area (Å²) in [4.78, 5) is 62.8. The van der Waals surface area contributed by atoms with Crippen LogP contribution in [0.2, 0.25) is 0 Å². The molecule has 0 fully saturated rings. The van der Waals surface area contributed by atoms with Crippen molar-refractivity contribution in [3.8, 4) is 0 Å². The molecule has 2 aromatic rings. The molecule has 3 amide bonds. The number of carbonyl (C=O) groups excluding carboxylic acids is 3. The van der Waals surface area contributed by atoms with Gasteiger partial charge in [-0.05, 0) is 6.92 Å². The molecule has 14 nitrogen and oxygen atoms in total. The summed E-state index contributed by atoms with van der Waals surface area (Å²) in [5.41, 5.74) is 6.66. The molecule has 9 N–H and O–H groups in total. The van der Waals surface area contributed by atoms with E-state index in [1.165, 1.54) is 32.0 Å². The highest BCUT2D eigenvalue weighted by molar-refractivity contribution is 7.80. The third-order valence-corrected chi connectivity index (χ3v) is 5.21. The summed E-state index contributed by atoms with van der Waals surface area (Å²) in [7, 11) is 0. The van der Waals surface area contributed by atoms with E-state index >= 15 is 0 Å². The van der Waals surface area contributed by atoms with Crippen LogP contribution in [-0.4, -0.2) is 89.9 Å². The number of nitrogens with two attached hydrogens (primary N) is 1. The maximum atomic E-state index is 12.9. The first-order chi connectivity index (χ1) is 16.1. The first kappa shape index (κ1) is 26.8. The van der Waals surface area contributed by atoms with E-state index in [9.17, 15) is 29.4 Å². The normalized spacial score (nSPS) is 15.4. The minimum atomic E-state index is -1.28. The number of H-pyrrole nitrogens is 2. The van der Waals surface area contributed by atoms with E-state index < -0.39 is 54.0 Å². The Bertz CT molecular complexity index is 952. The number of rotatable bonds is 13. The van der Waals surface area contributed by atoms with Gasteiger partial charge in [0.2, 0.25) is 17.7 Å². The maximum Gasteiger partial charge on any atom is 0.326 e. The number of nitrogens with zero attached hydrogens (tertiary/aromatic N) is 2. The van der Waals surface area contributed by atoms with Crippen LogP contribution in [0.3, 0.4) is 0 Å². The predicted octanol–water partition coefficient (Wildman–Crippen LogP) is -2.91. The molecule has 0 spiro atoms. The second kappa shape index (κ2) is 12.7. The Kier molecular flexibility index (Phi) is 10.0. The van der Waals surface area contributed by atoms with E-state index in [2.05, 4.69) is 48.5 Å². The van der Waals surface area contributed by atoms with Crippen molar-refractivity contribution in [2.45, 2.75) is 50.0 Å². The van der Waals surface area contributed by atoms with E-state index in [0.29, 0.717) is 11.4 Å². The number of aromatic nitrogens is 4. The minimum absolute atomic E-state index is 0.0113. The standard InChI is InChI=1S/C19H28N8O6S/c1-9(28)15(20)18(31)25-12(2-10-4-21-7-23-10)16(29)27-14(6-34)17(30)26-13(19(32)33)3-11-5-22-8-24-11/h4-5,7-9,12-15,28,34H,2-3,6,20H2,1H3,(H,21,23)(H,22,24)(H,25,31)(H,26,30)(H,27,29)(H,32,33). The third-order valence-electron chi connectivity index (χ3n) is 4.84. The lowest BCUT2D eigenvalue weighted by molar-refractivity contribution is -0.142. The Hall–Kier alpha value is -3.43. The van der Waals surface area contributed by atoms with E-state index in [1.807, 2.05) is 0 Å². The topological polar surface area (TPSA) is 228 Å². The number of carboxylic acids is 1. The molecule has 2 aromatic heterocycles. The average molecular weight is 497 g/mol. The van der Waals surface area contributed by atoms with Crippen molar-refractivity contribution < 1.29 is 29.4 Å². The van der Waals surface area contributed by atoms with Crippen molar-refractivity contribution in [1.29, 1.82) is 0 Å². The van der Waals surface area contributed by atoms with Gasteiger partial charge in [0.1, 0.15) is 24.2 Å². The highest BCUT2D eigenvalue weighted by Crippen LogP contribution is 2.04. The number of carbonyl (C=O) groups is 4. The van der Waals surface area contributed by atoms with Gasteiger partial charge in [0.25, 0.3) is 0 Å². The molecule has 0 aliphatic rings. The van der Waals surface area contributed by atoms with Gasteiger partial charge in [-0.3, -0.25) is 14.4 Å². The first-order valence-corrected chi connectivity index (χ1v) is 10.9. The Labute approximate surface area is 199 Å². The van der Waals surface area contributed by atoms with Gasteiger partial charge in [0.05, 0.1) is 18.8 Å². The van der Waals surface area contributed by atoms with E-state index in [4.69, 9.17) is 5.73 Å².